The molecule has 1 amide bonds. The van der Waals surface area contributed by atoms with Crippen LogP contribution in [0.3, 0.4) is 0 Å². The van der Waals surface area contributed by atoms with Gasteiger partial charge in [-0.3, -0.25) is 4.79 Å². The molecule has 1 heterocycles. The van der Waals surface area contributed by atoms with Crippen molar-refractivity contribution in [2.45, 2.75) is 26.9 Å². The SMILES string of the molecule is Cc1cccc(C)c1NC(=O)C(C)OC(=O)c1sc2cc(F)ccc2c1Cl. The van der Waals surface area contributed by atoms with Gasteiger partial charge in [0.25, 0.3) is 5.91 Å². The van der Waals surface area contributed by atoms with Crippen molar-refractivity contribution in [1.29, 1.82) is 0 Å². The Morgan fingerprint density at radius 3 is 2.52 bits per heavy atom. The Bertz CT molecular complexity index is 1030. The number of nitrogens with one attached hydrogen (secondary N) is 1. The average Bonchev–Trinajstić information content (AvgIpc) is 2.94. The summed E-state index contributed by atoms with van der Waals surface area (Å²) in [7, 11) is 0. The zero-order chi connectivity index (χ0) is 19.7. The summed E-state index contributed by atoms with van der Waals surface area (Å²) < 4.78 is 19.2. The van der Waals surface area contributed by atoms with Crippen molar-refractivity contribution in [3.05, 3.63) is 63.2 Å². The second-order valence-electron chi connectivity index (χ2n) is 6.19. The van der Waals surface area contributed by atoms with Crippen LogP contribution in [0.1, 0.15) is 27.7 Å². The smallest absolute Gasteiger partial charge is 0.350 e. The monoisotopic (exact) mass is 405 g/mol. The van der Waals surface area contributed by atoms with Crippen LogP contribution in [0.15, 0.2) is 36.4 Å². The van der Waals surface area contributed by atoms with Crippen LogP contribution >= 0.6 is 22.9 Å². The van der Waals surface area contributed by atoms with Crippen LogP contribution < -0.4 is 5.32 Å². The number of rotatable bonds is 4. The maximum atomic E-state index is 13.4. The van der Waals surface area contributed by atoms with E-state index in [9.17, 15) is 14.0 Å². The number of aryl methyl sites for hydroxylation is 2. The van der Waals surface area contributed by atoms with Gasteiger partial charge in [0.15, 0.2) is 6.10 Å². The molecule has 1 aromatic heterocycles. The molecule has 0 saturated carbocycles. The Balaban J connectivity index is 1.75. The molecule has 0 radical (unpaired) electrons. The first-order valence-corrected chi connectivity index (χ1v) is 9.43. The minimum atomic E-state index is -1.02. The zero-order valence-electron chi connectivity index (χ0n) is 14.9. The summed E-state index contributed by atoms with van der Waals surface area (Å²) in [6.07, 6.45) is -1.02. The Morgan fingerprint density at radius 2 is 1.85 bits per heavy atom. The summed E-state index contributed by atoms with van der Waals surface area (Å²) in [6, 6.07) is 9.76. The van der Waals surface area contributed by atoms with E-state index in [1.807, 2.05) is 32.0 Å². The molecule has 7 heteroatoms. The van der Waals surface area contributed by atoms with Gasteiger partial charge in [0.05, 0.1) is 5.02 Å². The minimum Gasteiger partial charge on any atom is -0.448 e. The molecule has 1 N–H and O–H groups in total. The number of anilines is 1. The molecule has 27 heavy (non-hydrogen) atoms. The Morgan fingerprint density at radius 1 is 1.19 bits per heavy atom. The van der Waals surface area contributed by atoms with Gasteiger partial charge in [-0.1, -0.05) is 29.8 Å². The normalized spacial score (nSPS) is 12.0. The Kier molecular flexibility index (Phi) is 5.48. The number of benzene rings is 2. The Labute approximate surface area is 164 Å². The van der Waals surface area contributed by atoms with Gasteiger partial charge in [-0.15, -0.1) is 11.3 Å². The van der Waals surface area contributed by atoms with Crippen molar-refractivity contribution >= 4 is 50.6 Å². The second-order valence-corrected chi connectivity index (χ2v) is 7.62. The molecule has 2 aromatic carbocycles. The number of carbonyl (C=O) groups excluding carboxylic acids is 2. The molecule has 3 rings (SSSR count). The molecule has 0 saturated heterocycles. The van der Waals surface area contributed by atoms with E-state index in [2.05, 4.69) is 5.32 Å². The molecule has 1 unspecified atom stereocenters. The summed E-state index contributed by atoms with van der Waals surface area (Å²) in [6.45, 7) is 5.26. The number of carbonyl (C=O) groups is 2. The summed E-state index contributed by atoms with van der Waals surface area (Å²) >= 11 is 7.26. The molecule has 0 aliphatic heterocycles. The number of para-hydroxylation sites is 1. The standard InChI is InChI=1S/C20H17ClFNO3S/c1-10-5-4-6-11(2)17(10)23-19(24)12(3)26-20(25)18-16(21)14-8-7-13(22)9-15(14)27-18/h4-9,12H,1-3H3,(H,23,24). The lowest BCUT2D eigenvalue weighted by atomic mass is 10.1. The van der Waals surface area contributed by atoms with Crippen molar-refractivity contribution in [1.82, 2.24) is 0 Å². The van der Waals surface area contributed by atoms with Crippen molar-refractivity contribution in [2.24, 2.45) is 0 Å². The van der Waals surface area contributed by atoms with Crippen LogP contribution in [0.2, 0.25) is 5.02 Å². The Hall–Kier alpha value is -2.44. The van der Waals surface area contributed by atoms with Crippen LogP contribution in [-0.4, -0.2) is 18.0 Å². The van der Waals surface area contributed by atoms with Crippen molar-refractivity contribution in [2.75, 3.05) is 5.32 Å². The number of hydrogen-bond donors (Lipinski definition) is 1. The zero-order valence-corrected chi connectivity index (χ0v) is 16.5. The van der Waals surface area contributed by atoms with Crippen molar-refractivity contribution < 1.29 is 18.7 Å². The molecule has 0 fully saturated rings. The van der Waals surface area contributed by atoms with Crippen LogP contribution in [0, 0.1) is 19.7 Å². The molecule has 4 nitrogen and oxygen atoms in total. The number of hydrogen-bond acceptors (Lipinski definition) is 4. The predicted molar refractivity (Wildman–Crippen MR) is 106 cm³/mol. The van der Waals surface area contributed by atoms with Gasteiger partial charge in [-0.25, -0.2) is 9.18 Å². The number of esters is 1. The van der Waals surface area contributed by atoms with Gasteiger partial charge in [0.2, 0.25) is 0 Å². The topological polar surface area (TPSA) is 55.4 Å². The van der Waals surface area contributed by atoms with Crippen LogP contribution in [-0.2, 0) is 9.53 Å². The van der Waals surface area contributed by atoms with E-state index >= 15 is 0 Å². The van der Waals surface area contributed by atoms with E-state index in [0.29, 0.717) is 15.8 Å². The number of amides is 1. The van der Waals surface area contributed by atoms with E-state index in [0.717, 1.165) is 22.5 Å². The van der Waals surface area contributed by atoms with Gasteiger partial charge in [-0.05, 0) is 50.1 Å². The quantitative estimate of drug-likeness (QED) is 0.583. The lowest BCUT2D eigenvalue weighted by molar-refractivity contribution is -0.123. The molecule has 3 aromatic rings. The van der Waals surface area contributed by atoms with Gasteiger partial charge >= 0.3 is 5.97 Å². The fraction of sp³-hybridized carbons (Fsp3) is 0.200. The summed E-state index contributed by atoms with van der Waals surface area (Å²) in [5.41, 5.74) is 2.52. The molecule has 140 valence electrons. The number of ether oxygens (including phenoxy) is 1. The highest BCUT2D eigenvalue weighted by Gasteiger charge is 2.24. The van der Waals surface area contributed by atoms with Crippen molar-refractivity contribution in [3.63, 3.8) is 0 Å². The molecular formula is C20H17ClFNO3S. The molecule has 1 atom stereocenters. The van der Waals surface area contributed by atoms with Crippen LogP contribution in [0.4, 0.5) is 10.1 Å². The number of halogens is 2. The van der Waals surface area contributed by atoms with E-state index in [1.54, 1.807) is 0 Å². The first-order valence-electron chi connectivity index (χ1n) is 8.23. The third-order valence-electron chi connectivity index (χ3n) is 4.16. The maximum Gasteiger partial charge on any atom is 0.350 e. The first kappa shape index (κ1) is 19.3. The van der Waals surface area contributed by atoms with Gasteiger partial charge in [-0.2, -0.15) is 0 Å². The number of fused-ring (bicyclic) bond motifs is 1. The molecule has 0 aliphatic carbocycles. The lowest BCUT2D eigenvalue weighted by Crippen LogP contribution is -2.30. The third kappa shape index (κ3) is 3.96. The van der Waals surface area contributed by atoms with E-state index < -0.39 is 23.8 Å². The maximum absolute atomic E-state index is 13.4. The summed E-state index contributed by atoms with van der Waals surface area (Å²) in [5, 5.41) is 3.56. The van der Waals surface area contributed by atoms with Crippen LogP contribution in [0.25, 0.3) is 10.1 Å². The molecule has 0 aliphatic rings. The predicted octanol–water partition coefficient (Wildman–Crippen LogP) is 5.49. The fourth-order valence-electron chi connectivity index (χ4n) is 2.67. The first-order chi connectivity index (χ1) is 12.8. The van der Waals surface area contributed by atoms with Crippen LogP contribution in [0.5, 0.6) is 0 Å². The molecular weight excluding hydrogens is 389 g/mol. The van der Waals surface area contributed by atoms with E-state index in [-0.39, 0.29) is 9.90 Å². The van der Waals surface area contributed by atoms with E-state index in [4.69, 9.17) is 16.3 Å². The fourth-order valence-corrected chi connectivity index (χ4v) is 4.09. The van der Waals surface area contributed by atoms with Gasteiger partial charge in [0.1, 0.15) is 10.7 Å². The van der Waals surface area contributed by atoms with Gasteiger partial charge < -0.3 is 10.1 Å². The molecule has 0 spiro atoms. The highest BCUT2D eigenvalue weighted by atomic mass is 35.5. The highest BCUT2D eigenvalue weighted by molar-refractivity contribution is 7.21. The molecule has 0 bridgehead atoms. The van der Waals surface area contributed by atoms with Crippen molar-refractivity contribution in [3.8, 4) is 0 Å². The minimum absolute atomic E-state index is 0.143. The third-order valence-corrected chi connectivity index (χ3v) is 5.80. The second kappa shape index (κ2) is 7.66. The highest BCUT2D eigenvalue weighted by Crippen LogP contribution is 2.36. The largest absolute Gasteiger partial charge is 0.448 e. The van der Waals surface area contributed by atoms with E-state index in [1.165, 1.54) is 25.1 Å². The van der Waals surface area contributed by atoms with Gasteiger partial charge in [0, 0.05) is 15.8 Å². The summed E-state index contributed by atoms with van der Waals surface area (Å²) in [5.74, 6) is -1.57. The number of thiophene rings is 1. The average molecular weight is 406 g/mol. The summed E-state index contributed by atoms with van der Waals surface area (Å²) in [4.78, 5) is 25.0. The lowest BCUT2D eigenvalue weighted by Gasteiger charge is -2.16.